The van der Waals surface area contributed by atoms with Gasteiger partial charge in [0.1, 0.15) is 0 Å². The summed E-state index contributed by atoms with van der Waals surface area (Å²) in [6.45, 7) is 1.06. The number of aliphatic hydroxyl groups excluding tert-OH is 1. The Balaban J connectivity index is 2.09. The molecule has 1 N–H and O–H groups in total. The number of hydrogen-bond donors (Lipinski definition) is 1. The summed E-state index contributed by atoms with van der Waals surface area (Å²) in [5, 5.41) is 9.12. The molecule has 1 saturated heterocycles. The van der Waals surface area contributed by atoms with Gasteiger partial charge in [-0.1, -0.05) is 0 Å². The Morgan fingerprint density at radius 2 is 1.95 bits per heavy atom. The van der Waals surface area contributed by atoms with Crippen LogP contribution in [-0.2, 0) is 6.18 Å². The van der Waals surface area contributed by atoms with E-state index in [1.165, 1.54) is 12.1 Å². The van der Waals surface area contributed by atoms with Gasteiger partial charge >= 0.3 is 6.18 Å². The predicted molar refractivity (Wildman–Crippen MR) is 67.2 cm³/mol. The van der Waals surface area contributed by atoms with E-state index in [4.69, 9.17) is 5.11 Å². The average molecular weight is 287 g/mol. The molecule has 1 aliphatic heterocycles. The van der Waals surface area contributed by atoms with E-state index >= 15 is 0 Å². The minimum atomic E-state index is -4.39. The van der Waals surface area contributed by atoms with Gasteiger partial charge in [-0.05, 0) is 43.0 Å². The summed E-state index contributed by atoms with van der Waals surface area (Å²) in [5.41, 5.74) is -0.516. The SMILES string of the molecule is O=C(c1ccc(C(F)(F)F)cc1)N1CCCC(CO)C1. The lowest BCUT2D eigenvalue weighted by Gasteiger charge is -2.32. The van der Waals surface area contributed by atoms with E-state index in [2.05, 4.69) is 0 Å². The van der Waals surface area contributed by atoms with E-state index in [1.54, 1.807) is 4.90 Å². The maximum Gasteiger partial charge on any atom is 0.416 e. The molecule has 1 aromatic carbocycles. The second-order valence-corrected chi connectivity index (χ2v) is 5.02. The number of halogens is 3. The van der Waals surface area contributed by atoms with Crippen molar-refractivity contribution in [3.05, 3.63) is 35.4 Å². The molecule has 1 fully saturated rings. The monoisotopic (exact) mass is 287 g/mol. The highest BCUT2D eigenvalue weighted by Crippen LogP contribution is 2.29. The van der Waals surface area contributed by atoms with E-state index in [9.17, 15) is 18.0 Å². The maximum atomic E-state index is 12.4. The molecule has 1 unspecified atom stereocenters. The standard InChI is InChI=1S/C14H16F3NO2/c15-14(16,17)12-5-3-11(4-6-12)13(20)18-7-1-2-10(8-18)9-19/h3-6,10,19H,1-2,7-9H2. The number of likely N-dealkylation sites (tertiary alicyclic amines) is 1. The number of piperidine rings is 1. The number of rotatable bonds is 2. The van der Waals surface area contributed by atoms with Crippen molar-refractivity contribution in [3.63, 3.8) is 0 Å². The largest absolute Gasteiger partial charge is 0.416 e. The third-order valence-corrected chi connectivity index (χ3v) is 3.52. The van der Waals surface area contributed by atoms with Gasteiger partial charge in [-0.25, -0.2) is 0 Å². The number of nitrogens with zero attached hydrogens (tertiary/aromatic N) is 1. The number of carbonyl (C=O) groups is 1. The second-order valence-electron chi connectivity index (χ2n) is 5.02. The van der Waals surface area contributed by atoms with Gasteiger partial charge in [-0.15, -0.1) is 0 Å². The third kappa shape index (κ3) is 3.30. The Labute approximate surface area is 115 Å². The highest BCUT2D eigenvalue weighted by Gasteiger charge is 2.30. The van der Waals surface area contributed by atoms with Gasteiger partial charge in [0.05, 0.1) is 5.56 Å². The Morgan fingerprint density at radius 1 is 1.30 bits per heavy atom. The van der Waals surface area contributed by atoms with Crippen molar-refractivity contribution >= 4 is 5.91 Å². The first-order valence-electron chi connectivity index (χ1n) is 6.49. The van der Waals surface area contributed by atoms with Gasteiger partial charge in [-0.3, -0.25) is 4.79 Å². The minimum Gasteiger partial charge on any atom is -0.396 e. The highest BCUT2D eigenvalue weighted by molar-refractivity contribution is 5.94. The molecule has 0 spiro atoms. The van der Waals surface area contributed by atoms with E-state index in [-0.39, 0.29) is 24.0 Å². The molecule has 20 heavy (non-hydrogen) atoms. The molecule has 0 saturated carbocycles. The Kier molecular flexibility index (Phi) is 4.32. The highest BCUT2D eigenvalue weighted by atomic mass is 19.4. The summed E-state index contributed by atoms with van der Waals surface area (Å²) >= 11 is 0. The van der Waals surface area contributed by atoms with Crippen LogP contribution in [0.2, 0.25) is 0 Å². The van der Waals surface area contributed by atoms with Crippen LogP contribution < -0.4 is 0 Å². The first-order valence-corrected chi connectivity index (χ1v) is 6.49. The first kappa shape index (κ1) is 14.8. The molecule has 1 amide bonds. The molecule has 2 rings (SSSR count). The third-order valence-electron chi connectivity index (χ3n) is 3.52. The summed E-state index contributed by atoms with van der Waals surface area (Å²) in [4.78, 5) is 13.8. The van der Waals surface area contributed by atoms with Crippen LogP contribution in [0.4, 0.5) is 13.2 Å². The molecule has 1 atom stereocenters. The lowest BCUT2D eigenvalue weighted by Crippen LogP contribution is -2.40. The van der Waals surface area contributed by atoms with Gasteiger partial charge in [0.25, 0.3) is 5.91 Å². The van der Waals surface area contributed by atoms with Crippen molar-refractivity contribution in [2.24, 2.45) is 5.92 Å². The number of amides is 1. The fourth-order valence-corrected chi connectivity index (χ4v) is 2.38. The minimum absolute atomic E-state index is 0.0246. The van der Waals surface area contributed by atoms with Gasteiger partial charge in [-0.2, -0.15) is 13.2 Å². The summed E-state index contributed by atoms with van der Waals surface area (Å²) in [7, 11) is 0. The summed E-state index contributed by atoms with van der Waals surface area (Å²) < 4.78 is 37.3. The molecule has 0 aromatic heterocycles. The molecule has 1 heterocycles. The van der Waals surface area contributed by atoms with Crippen molar-refractivity contribution in [3.8, 4) is 0 Å². The zero-order valence-corrected chi connectivity index (χ0v) is 10.9. The fourth-order valence-electron chi connectivity index (χ4n) is 2.38. The van der Waals surface area contributed by atoms with E-state index < -0.39 is 11.7 Å². The molecule has 0 bridgehead atoms. The average Bonchev–Trinajstić information content (AvgIpc) is 2.46. The van der Waals surface area contributed by atoms with Crippen LogP contribution in [0.3, 0.4) is 0 Å². The summed E-state index contributed by atoms with van der Waals surface area (Å²) in [6.07, 6.45) is -2.72. The number of aliphatic hydroxyl groups is 1. The maximum absolute atomic E-state index is 12.4. The second kappa shape index (κ2) is 5.83. The molecule has 3 nitrogen and oxygen atoms in total. The molecular formula is C14H16F3NO2. The number of hydrogen-bond acceptors (Lipinski definition) is 2. The summed E-state index contributed by atoms with van der Waals surface area (Å²) in [5.74, 6) is -0.223. The number of carbonyl (C=O) groups excluding carboxylic acids is 1. The van der Waals surface area contributed by atoms with Crippen molar-refractivity contribution in [2.75, 3.05) is 19.7 Å². The zero-order chi connectivity index (χ0) is 14.8. The van der Waals surface area contributed by atoms with Crippen LogP contribution in [0.5, 0.6) is 0 Å². The Hall–Kier alpha value is -1.56. The topological polar surface area (TPSA) is 40.5 Å². The first-order chi connectivity index (χ1) is 9.41. The van der Waals surface area contributed by atoms with E-state index in [0.29, 0.717) is 13.1 Å². The lowest BCUT2D eigenvalue weighted by atomic mass is 9.98. The van der Waals surface area contributed by atoms with Crippen molar-refractivity contribution < 1.29 is 23.1 Å². The molecule has 110 valence electrons. The van der Waals surface area contributed by atoms with Crippen molar-refractivity contribution in [1.82, 2.24) is 4.90 Å². The van der Waals surface area contributed by atoms with E-state index in [0.717, 1.165) is 25.0 Å². The number of benzene rings is 1. The molecular weight excluding hydrogens is 271 g/mol. The predicted octanol–water partition coefficient (Wildman–Crippen LogP) is 2.55. The fraction of sp³-hybridized carbons (Fsp3) is 0.500. The van der Waals surface area contributed by atoms with Crippen molar-refractivity contribution in [2.45, 2.75) is 19.0 Å². The van der Waals surface area contributed by atoms with E-state index in [1.807, 2.05) is 0 Å². The molecule has 1 aromatic rings. The van der Waals surface area contributed by atoms with Crippen LogP contribution in [0.15, 0.2) is 24.3 Å². The van der Waals surface area contributed by atoms with Gasteiger partial charge in [0, 0.05) is 25.3 Å². The molecule has 1 aliphatic rings. The van der Waals surface area contributed by atoms with Crippen LogP contribution in [0.1, 0.15) is 28.8 Å². The quantitative estimate of drug-likeness (QED) is 0.908. The molecule has 0 aliphatic carbocycles. The van der Waals surface area contributed by atoms with Crippen LogP contribution in [0, 0.1) is 5.92 Å². The Morgan fingerprint density at radius 3 is 2.50 bits per heavy atom. The normalized spacial score (nSPS) is 20.0. The van der Waals surface area contributed by atoms with Crippen LogP contribution in [0.25, 0.3) is 0 Å². The summed E-state index contributed by atoms with van der Waals surface area (Å²) in [6, 6.07) is 4.24. The number of alkyl halides is 3. The zero-order valence-electron chi connectivity index (χ0n) is 10.9. The Bertz CT molecular complexity index is 470. The van der Waals surface area contributed by atoms with Gasteiger partial charge in [0.15, 0.2) is 0 Å². The molecule has 6 heteroatoms. The van der Waals surface area contributed by atoms with Gasteiger partial charge in [0.2, 0.25) is 0 Å². The van der Waals surface area contributed by atoms with Crippen molar-refractivity contribution in [1.29, 1.82) is 0 Å². The van der Waals surface area contributed by atoms with Gasteiger partial charge < -0.3 is 10.0 Å². The van der Waals surface area contributed by atoms with Crippen LogP contribution in [-0.4, -0.2) is 35.6 Å². The lowest BCUT2D eigenvalue weighted by molar-refractivity contribution is -0.137. The van der Waals surface area contributed by atoms with Crippen LogP contribution >= 0.6 is 0 Å². The smallest absolute Gasteiger partial charge is 0.396 e. The molecule has 0 radical (unpaired) electrons.